The molecule has 9 heteroatoms. The molecule has 2 aliphatic rings. The highest BCUT2D eigenvalue weighted by molar-refractivity contribution is 7.88. The SMILES string of the molecule is CCc1ccc2nc(N3CCN(C(=O)C4CCCCN4S(C)(=O)=O)CC3)sc2c1. The zero-order valence-corrected chi connectivity index (χ0v) is 18.6. The van der Waals surface area contributed by atoms with Gasteiger partial charge in [0.15, 0.2) is 5.13 Å². The van der Waals surface area contributed by atoms with Gasteiger partial charge in [0.1, 0.15) is 6.04 Å². The monoisotopic (exact) mass is 436 g/mol. The molecular formula is C20H28N4O3S2. The number of hydrogen-bond acceptors (Lipinski definition) is 6. The minimum absolute atomic E-state index is 0.0494. The predicted octanol–water partition coefficient (Wildman–Crippen LogP) is 2.32. The molecule has 0 N–H and O–H groups in total. The van der Waals surface area contributed by atoms with E-state index in [9.17, 15) is 13.2 Å². The first-order chi connectivity index (χ1) is 13.9. The average Bonchev–Trinajstić information content (AvgIpc) is 3.16. The highest BCUT2D eigenvalue weighted by atomic mass is 32.2. The van der Waals surface area contributed by atoms with Crippen LogP contribution in [0.25, 0.3) is 10.2 Å². The zero-order chi connectivity index (χ0) is 20.6. The van der Waals surface area contributed by atoms with Crippen molar-refractivity contribution in [3.63, 3.8) is 0 Å². The number of aryl methyl sites for hydroxylation is 1. The Morgan fingerprint density at radius 3 is 2.62 bits per heavy atom. The molecule has 0 radical (unpaired) electrons. The molecule has 0 bridgehead atoms. The van der Waals surface area contributed by atoms with Crippen molar-refractivity contribution in [1.82, 2.24) is 14.2 Å². The third-order valence-electron chi connectivity index (χ3n) is 5.88. The quantitative estimate of drug-likeness (QED) is 0.735. The van der Waals surface area contributed by atoms with Gasteiger partial charge in [-0.25, -0.2) is 13.4 Å². The van der Waals surface area contributed by atoms with E-state index in [2.05, 4.69) is 30.0 Å². The van der Waals surface area contributed by atoms with Crippen molar-refractivity contribution in [2.45, 2.75) is 38.6 Å². The molecule has 29 heavy (non-hydrogen) atoms. The van der Waals surface area contributed by atoms with E-state index in [0.717, 1.165) is 43.0 Å². The summed E-state index contributed by atoms with van der Waals surface area (Å²) in [5.74, 6) is -0.0494. The smallest absolute Gasteiger partial charge is 0.241 e. The molecule has 1 aromatic carbocycles. The number of aromatic nitrogens is 1. The summed E-state index contributed by atoms with van der Waals surface area (Å²) in [7, 11) is -3.37. The van der Waals surface area contributed by atoms with Gasteiger partial charge in [-0.3, -0.25) is 4.79 Å². The first-order valence-corrected chi connectivity index (χ1v) is 12.9. The zero-order valence-electron chi connectivity index (χ0n) is 17.0. The number of hydrogen-bond donors (Lipinski definition) is 0. The fourth-order valence-corrected chi connectivity index (χ4v) is 6.39. The lowest BCUT2D eigenvalue weighted by molar-refractivity contribution is -0.136. The second-order valence-corrected chi connectivity index (χ2v) is 10.8. The largest absolute Gasteiger partial charge is 0.345 e. The molecule has 1 amide bonds. The Labute approximate surface area is 176 Å². The van der Waals surface area contributed by atoms with Crippen LogP contribution in [0.3, 0.4) is 0 Å². The number of piperazine rings is 1. The van der Waals surface area contributed by atoms with Crippen molar-refractivity contribution in [2.75, 3.05) is 43.9 Å². The first kappa shape index (κ1) is 20.6. The van der Waals surface area contributed by atoms with Crippen molar-refractivity contribution in [3.8, 4) is 0 Å². The van der Waals surface area contributed by atoms with E-state index >= 15 is 0 Å². The number of carbonyl (C=O) groups excluding carboxylic acids is 1. The van der Waals surface area contributed by atoms with E-state index in [-0.39, 0.29) is 5.91 Å². The van der Waals surface area contributed by atoms with E-state index in [0.29, 0.717) is 26.1 Å². The molecular weight excluding hydrogens is 408 g/mol. The Hall–Kier alpha value is -1.71. The van der Waals surface area contributed by atoms with Crippen molar-refractivity contribution >= 4 is 42.6 Å². The van der Waals surface area contributed by atoms with Gasteiger partial charge in [-0.15, -0.1) is 0 Å². The molecule has 0 spiro atoms. The maximum atomic E-state index is 13.1. The maximum Gasteiger partial charge on any atom is 0.241 e. The highest BCUT2D eigenvalue weighted by Crippen LogP contribution is 2.30. The fourth-order valence-electron chi connectivity index (χ4n) is 4.19. The Bertz CT molecular complexity index is 996. The Morgan fingerprint density at radius 2 is 1.93 bits per heavy atom. The van der Waals surface area contributed by atoms with E-state index < -0.39 is 16.1 Å². The summed E-state index contributed by atoms with van der Waals surface area (Å²) in [5, 5.41) is 0.996. The number of thiazole rings is 1. The summed E-state index contributed by atoms with van der Waals surface area (Å²) in [6, 6.07) is 5.87. The van der Waals surface area contributed by atoms with Gasteiger partial charge in [0.05, 0.1) is 16.5 Å². The van der Waals surface area contributed by atoms with Crippen LogP contribution in [0.2, 0.25) is 0 Å². The number of amides is 1. The van der Waals surface area contributed by atoms with Gasteiger partial charge in [-0.2, -0.15) is 4.31 Å². The topological polar surface area (TPSA) is 73.8 Å². The summed E-state index contributed by atoms with van der Waals surface area (Å²) in [4.78, 5) is 21.9. The van der Waals surface area contributed by atoms with Gasteiger partial charge in [0, 0.05) is 32.7 Å². The molecule has 1 aromatic heterocycles. The van der Waals surface area contributed by atoms with Crippen molar-refractivity contribution < 1.29 is 13.2 Å². The molecule has 2 aliphatic heterocycles. The third-order valence-corrected chi connectivity index (χ3v) is 8.24. The van der Waals surface area contributed by atoms with Gasteiger partial charge in [0.2, 0.25) is 15.9 Å². The molecule has 2 saturated heterocycles. The van der Waals surface area contributed by atoms with Crippen LogP contribution in [-0.4, -0.2) is 73.5 Å². The second-order valence-electron chi connectivity index (χ2n) is 7.85. The summed E-state index contributed by atoms with van der Waals surface area (Å²) >= 11 is 1.70. The van der Waals surface area contributed by atoms with Gasteiger partial charge in [0.25, 0.3) is 0 Å². The van der Waals surface area contributed by atoms with E-state index in [1.54, 1.807) is 11.3 Å². The lowest BCUT2D eigenvalue weighted by atomic mass is 10.0. The van der Waals surface area contributed by atoms with Gasteiger partial charge in [-0.1, -0.05) is 30.7 Å². The number of carbonyl (C=O) groups is 1. The van der Waals surface area contributed by atoms with E-state index in [4.69, 9.17) is 4.98 Å². The number of sulfonamides is 1. The van der Waals surface area contributed by atoms with Crippen LogP contribution in [-0.2, 0) is 21.2 Å². The normalized spacial score (nSPS) is 21.7. The standard InChI is InChI=1S/C20H28N4O3S2/c1-3-15-7-8-16-18(14-15)28-20(21-16)23-12-10-22(11-13-23)19(25)17-6-4-5-9-24(17)29(2,26)27/h7-8,14,17H,3-6,9-13H2,1-2H3. The van der Waals surface area contributed by atoms with Gasteiger partial charge >= 0.3 is 0 Å². The predicted molar refractivity (Wildman–Crippen MR) is 117 cm³/mol. The Kier molecular flexibility index (Phi) is 5.81. The second kappa shape index (κ2) is 8.20. The van der Waals surface area contributed by atoms with Crippen LogP contribution < -0.4 is 4.90 Å². The van der Waals surface area contributed by atoms with E-state index in [1.165, 1.54) is 20.8 Å². The molecule has 7 nitrogen and oxygen atoms in total. The number of benzene rings is 1. The molecule has 2 fully saturated rings. The molecule has 4 rings (SSSR count). The number of rotatable bonds is 4. The molecule has 0 aliphatic carbocycles. The fraction of sp³-hybridized carbons (Fsp3) is 0.600. The summed E-state index contributed by atoms with van der Waals surface area (Å²) < 4.78 is 26.8. The molecule has 0 saturated carbocycles. The Balaban J connectivity index is 1.43. The lowest BCUT2D eigenvalue weighted by Gasteiger charge is -2.39. The minimum Gasteiger partial charge on any atom is -0.345 e. The van der Waals surface area contributed by atoms with Crippen LogP contribution in [0, 0.1) is 0 Å². The number of piperidine rings is 1. The number of fused-ring (bicyclic) bond motifs is 1. The van der Waals surface area contributed by atoms with Crippen molar-refractivity contribution in [1.29, 1.82) is 0 Å². The van der Waals surface area contributed by atoms with Crippen molar-refractivity contribution in [2.24, 2.45) is 0 Å². The minimum atomic E-state index is -3.37. The molecule has 2 aromatic rings. The average molecular weight is 437 g/mol. The highest BCUT2D eigenvalue weighted by Gasteiger charge is 2.37. The summed E-state index contributed by atoms with van der Waals surface area (Å²) in [6.07, 6.45) is 4.54. The van der Waals surface area contributed by atoms with Crippen LogP contribution >= 0.6 is 11.3 Å². The van der Waals surface area contributed by atoms with E-state index in [1.807, 2.05) is 4.90 Å². The number of nitrogens with zero attached hydrogens (tertiary/aromatic N) is 4. The van der Waals surface area contributed by atoms with Crippen LogP contribution in [0.1, 0.15) is 31.7 Å². The molecule has 158 valence electrons. The lowest BCUT2D eigenvalue weighted by Crippen LogP contribution is -2.57. The van der Waals surface area contributed by atoms with Crippen molar-refractivity contribution in [3.05, 3.63) is 23.8 Å². The summed E-state index contributed by atoms with van der Waals surface area (Å²) in [5.41, 5.74) is 2.33. The molecule has 1 atom stereocenters. The summed E-state index contributed by atoms with van der Waals surface area (Å²) in [6.45, 7) is 5.24. The van der Waals surface area contributed by atoms with Gasteiger partial charge < -0.3 is 9.80 Å². The van der Waals surface area contributed by atoms with Gasteiger partial charge in [-0.05, 0) is 37.0 Å². The van der Waals surface area contributed by atoms with Crippen LogP contribution in [0.4, 0.5) is 5.13 Å². The maximum absolute atomic E-state index is 13.1. The van der Waals surface area contributed by atoms with Crippen LogP contribution in [0.15, 0.2) is 18.2 Å². The number of anilines is 1. The third kappa shape index (κ3) is 4.27. The first-order valence-electron chi connectivity index (χ1n) is 10.3. The molecule has 1 unspecified atom stereocenters. The van der Waals surface area contributed by atoms with Crippen LogP contribution in [0.5, 0.6) is 0 Å². The molecule has 3 heterocycles. The Morgan fingerprint density at radius 1 is 1.17 bits per heavy atom.